The predicted molar refractivity (Wildman–Crippen MR) is 140 cm³/mol. The number of aryl methyl sites for hydroxylation is 3. The van der Waals surface area contributed by atoms with Gasteiger partial charge in [0.05, 0.1) is 18.7 Å². The summed E-state index contributed by atoms with van der Waals surface area (Å²) in [6.45, 7) is 6.28. The van der Waals surface area contributed by atoms with Gasteiger partial charge in [-0.25, -0.2) is 0 Å². The van der Waals surface area contributed by atoms with Crippen molar-refractivity contribution in [3.63, 3.8) is 0 Å². The van der Waals surface area contributed by atoms with Crippen LogP contribution in [0.2, 0.25) is 5.02 Å². The molecule has 0 bridgehead atoms. The Morgan fingerprint density at radius 1 is 0.943 bits per heavy atom. The van der Waals surface area contributed by atoms with E-state index in [0.29, 0.717) is 22.8 Å². The van der Waals surface area contributed by atoms with Crippen LogP contribution in [-0.4, -0.2) is 28.1 Å². The molecule has 6 nitrogen and oxygen atoms in total. The van der Waals surface area contributed by atoms with Crippen molar-refractivity contribution in [3.05, 3.63) is 106 Å². The standard InChI is InChI=1S/C28H27ClN4O2/c1-18-13-19(2)26(20(3)14-18)31-25(34)15-30-28(35)24-17-33(16-21-7-5-4-6-8-21)32-27(24)22-9-11-23(29)12-10-22/h4-14,17H,15-16H2,1-3H3,(H,30,35)(H,31,34). The van der Waals surface area contributed by atoms with E-state index in [1.54, 1.807) is 23.0 Å². The molecule has 1 aromatic heterocycles. The van der Waals surface area contributed by atoms with Gasteiger partial charge in [0.15, 0.2) is 0 Å². The van der Waals surface area contributed by atoms with Gasteiger partial charge in [0.1, 0.15) is 5.69 Å². The first-order valence-electron chi connectivity index (χ1n) is 11.3. The van der Waals surface area contributed by atoms with E-state index in [0.717, 1.165) is 33.5 Å². The molecule has 1 heterocycles. The minimum Gasteiger partial charge on any atom is -0.343 e. The number of amides is 2. The Balaban J connectivity index is 1.52. The molecule has 4 aromatic rings. The molecule has 0 aliphatic heterocycles. The van der Waals surface area contributed by atoms with Crippen LogP contribution in [0.5, 0.6) is 0 Å². The van der Waals surface area contributed by atoms with Crippen LogP contribution < -0.4 is 10.6 Å². The number of nitrogens with zero attached hydrogens (tertiary/aromatic N) is 2. The molecule has 2 N–H and O–H groups in total. The maximum atomic E-state index is 13.1. The minimum absolute atomic E-state index is 0.157. The van der Waals surface area contributed by atoms with Gasteiger partial charge in [-0.05, 0) is 49.6 Å². The van der Waals surface area contributed by atoms with Crippen molar-refractivity contribution >= 4 is 29.1 Å². The van der Waals surface area contributed by atoms with E-state index in [2.05, 4.69) is 15.7 Å². The van der Waals surface area contributed by atoms with Crippen LogP contribution >= 0.6 is 11.6 Å². The van der Waals surface area contributed by atoms with Crippen LogP contribution in [0.25, 0.3) is 11.3 Å². The van der Waals surface area contributed by atoms with Crippen molar-refractivity contribution in [1.82, 2.24) is 15.1 Å². The Hall–Kier alpha value is -3.90. The SMILES string of the molecule is Cc1cc(C)c(NC(=O)CNC(=O)c2cn(Cc3ccccc3)nc2-c2ccc(Cl)cc2)c(C)c1. The zero-order valence-electron chi connectivity index (χ0n) is 19.9. The minimum atomic E-state index is -0.373. The van der Waals surface area contributed by atoms with Gasteiger partial charge in [-0.1, -0.05) is 71.8 Å². The van der Waals surface area contributed by atoms with Gasteiger partial charge in [0.2, 0.25) is 5.91 Å². The van der Waals surface area contributed by atoms with Crippen LogP contribution in [-0.2, 0) is 11.3 Å². The Bertz CT molecular complexity index is 1340. The molecule has 0 aliphatic rings. The number of carbonyl (C=O) groups is 2. The Morgan fingerprint density at radius 3 is 2.26 bits per heavy atom. The van der Waals surface area contributed by atoms with Gasteiger partial charge in [0.25, 0.3) is 5.91 Å². The molecule has 0 radical (unpaired) electrons. The lowest BCUT2D eigenvalue weighted by Crippen LogP contribution is -2.33. The first-order chi connectivity index (χ1) is 16.8. The topological polar surface area (TPSA) is 76.0 Å². The van der Waals surface area contributed by atoms with E-state index in [4.69, 9.17) is 11.6 Å². The molecule has 0 fully saturated rings. The molecular weight excluding hydrogens is 460 g/mol. The highest BCUT2D eigenvalue weighted by Crippen LogP contribution is 2.25. The summed E-state index contributed by atoms with van der Waals surface area (Å²) in [5.41, 5.74) is 6.61. The first-order valence-corrected chi connectivity index (χ1v) is 11.7. The largest absolute Gasteiger partial charge is 0.343 e. The van der Waals surface area contributed by atoms with E-state index in [-0.39, 0.29) is 18.4 Å². The second-order valence-electron chi connectivity index (χ2n) is 8.59. The molecule has 3 aromatic carbocycles. The Kier molecular flexibility index (Phi) is 7.32. The average Bonchev–Trinajstić information content (AvgIpc) is 3.24. The second kappa shape index (κ2) is 10.6. The number of benzene rings is 3. The molecular formula is C28H27ClN4O2. The van der Waals surface area contributed by atoms with Crippen molar-refractivity contribution in [2.24, 2.45) is 0 Å². The normalized spacial score (nSPS) is 10.7. The lowest BCUT2D eigenvalue weighted by atomic mass is 10.1. The number of rotatable bonds is 7. The van der Waals surface area contributed by atoms with Crippen LogP contribution in [0.1, 0.15) is 32.6 Å². The van der Waals surface area contributed by atoms with Gasteiger partial charge < -0.3 is 10.6 Å². The fraction of sp³-hybridized carbons (Fsp3) is 0.179. The Morgan fingerprint density at radius 2 is 1.60 bits per heavy atom. The van der Waals surface area contributed by atoms with Gasteiger partial charge >= 0.3 is 0 Å². The average molecular weight is 487 g/mol. The third-order valence-electron chi connectivity index (χ3n) is 5.66. The lowest BCUT2D eigenvalue weighted by molar-refractivity contribution is -0.115. The van der Waals surface area contributed by atoms with Gasteiger partial charge in [-0.3, -0.25) is 14.3 Å². The lowest BCUT2D eigenvalue weighted by Gasteiger charge is -2.13. The number of hydrogen-bond donors (Lipinski definition) is 2. The predicted octanol–water partition coefficient (Wildman–Crippen LogP) is 5.55. The molecule has 2 amide bonds. The van der Waals surface area contributed by atoms with Crippen LogP contribution in [0.15, 0.2) is 72.9 Å². The van der Waals surface area contributed by atoms with Crippen LogP contribution in [0, 0.1) is 20.8 Å². The van der Waals surface area contributed by atoms with Crippen molar-refractivity contribution < 1.29 is 9.59 Å². The third-order valence-corrected chi connectivity index (χ3v) is 5.91. The van der Waals surface area contributed by atoms with E-state index >= 15 is 0 Å². The molecule has 0 unspecified atom stereocenters. The summed E-state index contributed by atoms with van der Waals surface area (Å²) in [4.78, 5) is 25.8. The summed E-state index contributed by atoms with van der Waals surface area (Å²) in [5.74, 6) is -0.667. The molecule has 0 saturated heterocycles. The van der Waals surface area contributed by atoms with Crippen molar-refractivity contribution in [3.8, 4) is 11.3 Å². The molecule has 0 aliphatic carbocycles. The highest BCUT2D eigenvalue weighted by Gasteiger charge is 2.19. The number of halogens is 1. The number of carbonyl (C=O) groups excluding carboxylic acids is 2. The van der Waals surface area contributed by atoms with Gasteiger partial charge in [-0.2, -0.15) is 5.10 Å². The molecule has 0 saturated carbocycles. The maximum absolute atomic E-state index is 13.1. The molecule has 35 heavy (non-hydrogen) atoms. The molecule has 4 rings (SSSR count). The summed E-state index contributed by atoms with van der Waals surface area (Å²) in [6.07, 6.45) is 1.71. The van der Waals surface area contributed by atoms with E-state index in [1.165, 1.54) is 0 Å². The van der Waals surface area contributed by atoms with E-state index < -0.39 is 0 Å². The molecule has 0 spiro atoms. The van der Waals surface area contributed by atoms with Crippen molar-refractivity contribution in [2.75, 3.05) is 11.9 Å². The third kappa shape index (κ3) is 5.97. The summed E-state index contributed by atoms with van der Waals surface area (Å²) in [7, 11) is 0. The zero-order chi connectivity index (χ0) is 24.9. The fourth-order valence-corrected chi connectivity index (χ4v) is 4.20. The van der Waals surface area contributed by atoms with E-state index in [1.807, 2.05) is 75.4 Å². The Labute approximate surface area is 209 Å². The number of anilines is 1. The summed E-state index contributed by atoms with van der Waals surface area (Å²) in [6, 6.07) is 21.1. The highest BCUT2D eigenvalue weighted by molar-refractivity contribution is 6.30. The summed E-state index contributed by atoms with van der Waals surface area (Å²) in [5, 5.41) is 10.9. The molecule has 7 heteroatoms. The molecule has 178 valence electrons. The fourth-order valence-electron chi connectivity index (χ4n) is 4.08. The molecule has 0 atom stereocenters. The first kappa shape index (κ1) is 24.2. The maximum Gasteiger partial charge on any atom is 0.255 e. The van der Waals surface area contributed by atoms with E-state index in [9.17, 15) is 9.59 Å². The van der Waals surface area contributed by atoms with Gasteiger partial charge in [-0.15, -0.1) is 0 Å². The summed E-state index contributed by atoms with van der Waals surface area (Å²) >= 11 is 6.05. The monoisotopic (exact) mass is 486 g/mol. The van der Waals surface area contributed by atoms with Crippen LogP contribution in [0.4, 0.5) is 5.69 Å². The highest BCUT2D eigenvalue weighted by atomic mass is 35.5. The smallest absolute Gasteiger partial charge is 0.255 e. The number of hydrogen-bond acceptors (Lipinski definition) is 3. The quantitative estimate of drug-likeness (QED) is 0.360. The van der Waals surface area contributed by atoms with Crippen molar-refractivity contribution in [2.45, 2.75) is 27.3 Å². The van der Waals surface area contributed by atoms with Crippen molar-refractivity contribution in [1.29, 1.82) is 0 Å². The number of nitrogens with one attached hydrogen (secondary N) is 2. The second-order valence-corrected chi connectivity index (χ2v) is 9.02. The van der Waals surface area contributed by atoms with Gasteiger partial charge in [0, 0.05) is 22.5 Å². The number of aromatic nitrogens is 2. The summed E-state index contributed by atoms with van der Waals surface area (Å²) < 4.78 is 1.73. The van der Waals surface area contributed by atoms with Crippen LogP contribution in [0.3, 0.4) is 0 Å². The zero-order valence-corrected chi connectivity index (χ0v) is 20.7.